The van der Waals surface area contributed by atoms with Crippen molar-refractivity contribution in [1.29, 1.82) is 0 Å². The lowest BCUT2D eigenvalue weighted by atomic mass is 9.99. The van der Waals surface area contributed by atoms with Crippen molar-refractivity contribution in [1.82, 2.24) is 0 Å². The van der Waals surface area contributed by atoms with E-state index in [1.165, 1.54) is 12.8 Å². The molecule has 0 aromatic rings. The monoisotopic (exact) mass is 150 g/mol. The summed E-state index contributed by atoms with van der Waals surface area (Å²) in [6, 6.07) is 0. The summed E-state index contributed by atoms with van der Waals surface area (Å²) in [6.07, 6.45) is 9.45. The zero-order chi connectivity index (χ0) is 7.68. The minimum absolute atomic E-state index is 0.442. The van der Waals surface area contributed by atoms with Crippen LogP contribution in [0.1, 0.15) is 12.8 Å². The minimum atomic E-state index is 0.442. The average Bonchev–Trinajstić information content (AvgIpc) is 2.47. The third-order valence-electron chi connectivity index (χ3n) is 2.75. The summed E-state index contributed by atoms with van der Waals surface area (Å²) >= 11 is 0. The molecule has 1 aliphatic heterocycles. The van der Waals surface area contributed by atoms with Crippen molar-refractivity contribution < 1.29 is 4.74 Å². The van der Waals surface area contributed by atoms with Gasteiger partial charge in [0.05, 0.1) is 12.7 Å². The van der Waals surface area contributed by atoms with Crippen molar-refractivity contribution >= 4 is 0 Å². The zero-order valence-corrected chi connectivity index (χ0v) is 6.70. The third kappa shape index (κ3) is 1.14. The fourth-order valence-corrected chi connectivity index (χ4v) is 2.13. The topological polar surface area (TPSA) is 9.23 Å². The number of ether oxygens (including phenoxy) is 1. The van der Waals surface area contributed by atoms with Crippen molar-refractivity contribution in [2.24, 2.45) is 11.8 Å². The molecule has 0 N–H and O–H groups in total. The fourth-order valence-electron chi connectivity index (χ4n) is 2.13. The number of fused-ring (bicyclic) bond motifs is 1. The normalized spacial score (nSPS) is 42.0. The third-order valence-corrected chi connectivity index (χ3v) is 2.75. The lowest BCUT2D eigenvalue weighted by Crippen LogP contribution is -2.25. The first-order valence-electron chi connectivity index (χ1n) is 4.32. The van der Waals surface area contributed by atoms with Crippen LogP contribution in [0, 0.1) is 11.8 Å². The molecule has 0 radical (unpaired) electrons. The highest BCUT2D eigenvalue weighted by Crippen LogP contribution is 2.36. The Hall–Kier alpha value is -0.560. The van der Waals surface area contributed by atoms with Gasteiger partial charge in [0.2, 0.25) is 0 Å². The van der Waals surface area contributed by atoms with E-state index in [0.29, 0.717) is 17.9 Å². The SMILES string of the molecule is C=CC1CCC2C=CCOC12. The Kier molecular flexibility index (Phi) is 1.82. The van der Waals surface area contributed by atoms with Crippen molar-refractivity contribution in [2.45, 2.75) is 18.9 Å². The van der Waals surface area contributed by atoms with Crippen LogP contribution in [0.15, 0.2) is 24.8 Å². The quantitative estimate of drug-likeness (QED) is 0.520. The molecule has 2 rings (SSSR count). The molecule has 3 atom stereocenters. The van der Waals surface area contributed by atoms with Gasteiger partial charge < -0.3 is 4.74 Å². The summed E-state index contributed by atoms with van der Waals surface area (Å²) in [5.74, 6) is 1.27. The Morgan fingerprint density at radius 1 is 1.45 bits per heavy atom. The van der Waals surface area contributed by atoms with Gasteiger partial charge in [-0.15, -0.1) is 6.58 Å². The summed E-state index contributed by atoms with van der Waals surface area (Å²) in [7, 11) is 0. The van der Waals surface area contributed by atoms with Crippen molar-refractivity contribution in [2.75, 3.05) is 6.61 Å². The van der Waals surface area contributed by atoms with Crippen LogP contribution in [0.2, 0.25) is 0 Å². The van der Waals surface area contributed by atoms with Crippen LogP contribution in [-0.2, 0) is 4.74 Å². The van der Waals surface area contributed by atoms with Crippen LogP contribution < -0.4 is 0 Å². The molecular formula is C10H14O. The van der Waals surface area contributed by atoms with Gasteiger partial charge in [-0.1, -0.05) is 18.2 Å². The molecule has 0 bridgehead atoms. The molecule has 11 heavy (non-hydrogen) atoms. The molecule has 1 heterocycles. The lowest BCUT2D eigenvalue weighted by Gasteiger charge is -2.24. The van der Waals surface area contributed by atoms with Gasteiger partial charge in [0.1, 0.15) is 0 Å². The first kappa shape index (κ1) is 7.11. The van der Waals surface area contributed by atoms with E-state index in [1.807, 2.05) is 6.08 Å². The maximum atomic E-state index is 5.65. The Balaban J connectivity index is 2.12. The predicted molar refractivity (Wildman–Crippen MR) is 45.3 cm³/mol. The molecular weight excluding hydrogens is 136 g/mol. The summed E-state index contributed by atoms with van der Waals surface area (Å²) in [6.45, 7) is 4.63. The average molecular weight is 150 g/mol. The Morgan fingerprint density at radius 3 is 3.18 bits per heavy atom. The Bertz CT molecular complexity index is 183. The van der Waals surface area contributed by atoms with Gasteiger partial charge in [-0.05, 0) is 12.8 Å². The second-order valence-electron chi connectivity index (χ2n) is 3.37. The highest BCUT2D eigenvalue weighted by Gasteiger charge is 2.34. The van der Waals surface area contributed by atoms with Gasteiger partial charge in [0.25, 0.3) is 0 Å². The van der Waals surface area contributed by atoms with Crippen LogP contribution in [0.25, 0.3) is 0 Å². The van der Waals surface area contributed by atoms with E-state index < -0.39 is 0 Å². The van der Waals surface area contributed by atoms with Crippen molar-refractivity contribution in [3.8, 4) is 0 Å². The van der Waals surface area contributed by atoms with Crippen LogP contribution in [0.4, 0.5) is 0 Å². The number of hydrogen-bond acceptors (Lipinski definition) is 1. The highest BCUT2D eigenvalue weighted by molar-refractivity contribution is 5.05. The molecule has 0 aromatic carbocycles. The van der Waals surface area contributed by atoms with Gasteiger partial charge in [-0.25, -0.2) is 0 Å². The molecule has 1 saturated carbocycles. The molecule has 60 valence electrons. The summed E-state index contributed by atoms with van der Waals surface area (Å²) < 4.78 is 5.65. The Morgan fingerprint density at radius 2 is 2.36 bits per heavy atom. The minimum Gasteiger partial charge on any atom is -0.373 e. The van der Waals surface area contributed by atoms with E-state index >= 15 is 0 Å². The molecule has 1 nitrogen and oxygen atoms in total. The van der Waals surface area contributed by atoms with Crippen LogP contribution in [0.3, 0.4) is 0 Å². The van der Waals surface area contributed by atoms with Crippen LogP contribution in [0.5, 0.6) is 0 Å². The maximum absolute atomic E-state index is 5.65. The van der Waals surface area contributed by atoms with E-state index in [-0.39, 0.29) is 0 Å². The summed E-state index contributed by atoms with van der Waals surface area (Å²) in [4.78, 5) is 0. The second kappa shape index (κ2) is 2.82. The first-order chi connectivity index (χ1) is 5.42. The molecule has 1 fully saturated rings. The molecule has 0 spiro atoms. The smallest absolute Gasteiger partial charge is 0.0704 e. The van der Waals surface area contributed by atoms with Crippen molar-refractivity contribution in [3.63, 3.8) is 0 Å². The molecule has 1 aliphatic carbocycles. The van der Waals surface area contributed by atoms with Crippen LogP contribution in [-0.4, -0.2) is 12.7 Å². The molecule has 0 amide bonds. The Labute approximate surface area is 67.7 Å². The van der Waals surface area contributed by atoms with Gasteiger partial charge in [0, 0.05) is 11.8 Å². The van der Waals surface area contributed by atoms with E-state index in [2.05, 4.69) is 18.7 Å². The summed E-state index contributed by atoms with van der Waals surface area (Å²) in [5, 5.41) is 0. The molecule has 0 saturated heterocycles. The van der Waals surface area contributed by atoms with Gasteiger partial charge >= 0.3 is 0 Å². The largest absolute Gasteiger partial charge is 0.373 e. The van der Waals surface area contributed by atoms with E-state index in [1.54, 1.807) is 0 Å². The summed E-state index contributed by atoms with van der Waals surface area (Å²) in [5.41, 5.74) is 0. The fraction of sp³-hybridized carbons (Fsp3) is 0.600. The number of hydrogen-bond donors (Lipinski definition) is 0. The molecule has 0 aromatic heterocycles. The predicted octanol–water partition coefficient (Wildman–Crippen LogP) is 2.15. The zero-order valence-electron chi connectivity index (χ0n) is 6.70. The lowest BCUT2D eigenvalue weighted by molar-refractivity contribution is 0.0305. The van der Waals surface area contributed by atoms with Gasteiger partial charge in [-0.2, -0.15) is 0 Å². The number of rotatable bonds is 1. The van der Waals surface area contributed by atoms with E-state index in [9.17, 15) is 0 Å². The van der Waals surface area contributed by atoms with Crippen LogP contribution >= 0.6 is 0 Å². The first-order valence-corrected chi connectivity index (χ1v) is 4.32. The maximum Gasteiger partial charge on any atom is 0.0704 e. The van der Waals surface area contributed by atoms with Gasteiger partial charge in [-0.3, -0.25) is 0 Å². The standard InChI is InChI=1S/C10H14O/c1-2-8-5-6-9-4-3-7-11-10(8)9/h2-4,8-10H,1,5-7H2. The van der Waals surface area contributed by atoms with Crippen molar-refractivity contribution in [3.05, 3.63) is 24.8 Å². The molecule has 2 aliphatic rings. The highest BCUT2D eigenvalue weighted by atomic mass is 16.5. The van der Waals surface area contributed by atoms with E-state index in [4.69, 9.17) is 4.74 Å². The molecule has 3 unspecified atom stereocenters. The molecule has 1 heteroatoms. The second-order valence-corrected chi connectivity index (χ2v) is 3.37. The van der Waals surface area contributed by atoms with Gasteiger partial charge in [0.15, 0.2) is 0 Å². The van der Waals surface area contributed by atoms with E-state index in [0.717, 1.165) is 6.61 Å².